The molecule has 0 atom stereocenters. The zero-order valence-electron chi connectivity index (χ0n) is 17.3. The first-order valence-corrected chi connectivity index (χ1v) is 9.99. The van der Waals surface area contributed by atoms with Gasteiger partial charge >= 0.3 is 0 Å². The molecule has 0 unspecified atom stereocenters. The van der Waals surface area contributed by atoms with Gasteiger partial charge in [-0.25, -0.2) is 19.9 Å². The molecule has 5 rings (SSSR count). The van der Waals surface area contributed by atoms with Gasteiger partial charge in [-0.2, -0.15) is 0 Å². The standard InChI is InChI=1S/C24H17N7O2/c1-2-20(32)30-16-5-3-6-17(11-16)33-21-14-29-24-22(31-21)18(13-28-24)15-7-8-19(27-12-15)23-25-9-4-10-26-23/h2-14H,1H2,(H,28,29)(H,30,32). The molecule has 0 fully saturated rings. The molecule has 0 radical (unpaired) electrons. The summed E-state index contributed by atoms with van der Waals surface area (Å²) in [6.07, 6.45) is 9.67. The molecule has 0 spiro atoms. The number of benzene rings is 1. The third-order valence-corrected chi connectivity index (χ3v) is 4.74. The van der Waals surface area contributed by atoms with Gasteiger partial charge in [-0.1, -0.05) is 18.7 Å². The van der Waals surface area contributed by atoms with Gasteiger partial charge in [0, 0.05) is 47.7 Å². The number of aromatic amines is 1. The molecule has 33 heavy (non-hydrogen) atoms. The maximum absolute atomic E-state index is 11.5. The molecule has 9 nitrogen and oxygen atoms in total. The molecule has 4 aromatic heterocycles. The lowest BCUT2D eigenvalue weighted by molar-refractivity contribution is -0.111. The molecule has 2 N–H and O–H groups in total. The monoisotopic (exact) mass is 435 g/mol. The largest absolute Gasteiger partial charge is 0.437 e. The van der Waals surface area contributed by atoms with Gasteiger partial charge in [-0.05, 0) is 30.3 Å². The third kappa shape index (κ3) is 4.28. The minimum absolute atomic E-state index is 0.302. The van der Waals surface area contributed by atoms with Crippen LogP contribution >= 0.6 is 0 Å². The average Bonchev–Trinajstić information content (AvgIpc) is 3.28. The summed E-state index contributed by atoms with van der Waals surface area (Å²) >= 11 is 0. The van der Waals surface area contributed by atoms with Crippen molar-refractivity contribution in [3.8, 4) is 34.3 Å². The Kier molecular flexibility index (Phi) is 5.26. The van der Waals surface area contributed by atoms with E-state index < -0.39 is 0 Å². The fraction of sp³-hybridized carbons (Fsp3) is 0. The molecule has 0 saturated heterocycles. The van der Waals surface area contributed by atoms with Crippen molar-refractivity contribution >= 4 is 22.8 Å². The number of hydrogen-bond acceptors (Lipinski definition) is 7. The molecular weight excluding hydrogens is 418 g/mol. The highest BCUT2D eigenvalue weighted by molar-refractivity contribution is 5.99. The van der Waals surface area contributed by atoms with Gasteiger partial charge in [-0.3, -0.25) is 9.78 Å². The van der Waals surface area contributed by atoms with Crippen LogP contribution < -0.4 is 10.1 Å². The lowest BCUT2D eigenvalue weighted by atomic mass is 10.1. The number of fused-ring (bicyclic) bond motifs is 1. The number of hydrogen-bond donors (Lipinski definition) is 2. The highest BCUT2D eigenvalue weighted by Crippen LogP contribution is 2.29. The van der Waals surface area contributed by atoms with Crippen molar-refractivity contribution in [2.75, 3.05) is 5.32 Å². The first-order valence-electron chi connectivity index (χ1n) is 9.99. The average molecular weight is 435 g/mol. The summed E-state index contributed by atoms with van der Waals surface area (Å²) in [5.41, 5.74) is 4.23. The van der Waals surface area contributed by atoms with E-state index in [-0.39, 0.29) is 5.91 Å². The lowest BCUT2D eigenvalue weighted by Crippen LogP contribution is -2.07. The Morgan fingerprint density at radius 1 is 1.03 bits per heavy atom. The quantitative estimate of drug-likeness (QED) is 0.380. The van der Waals surface area contributed by atoms with Crippen LogP contribution in [0, 0.1) is 0 Å². The van der Waals surface area contributed by atoms with E-state index in [9.17, 15) is 4.79 Å². The number of nitrogens with zero attached hydrogens (tertiary/aromatic N) is 5. The van der Waals surface area contributed by atoms with E-state index >= 15 is 0 Å². The zero-order valence-corrected chi connectivity index (χ0v) is 17.3. The van der Waals surface area contributed by atoms with Crippen LogP contribution in [0.25, 0.3) is 33.8 Å². The van der Waals surface area contributed by atoms with Crippen molar-refractivity contribution in [3.05, 3.63) is 86.1 Å². The minimum atomic E-state index is -0.302. The summed E-state index contributed by atoms with van der Waals surface area (Å²) in [6.45, 7) is 3.45. The van der Waals surface area contributed by atoms with Crippen molar-refractivity contribution in [3.63, 3.8) is 0 Å². The molecule has 9 heteroatoms. The number of anilines is 1. The van der Waals surface area contributed by atoms with Crippen molar-refractivity contribution in [2.45, 2.75) is 0 Å². The van der Waals surface area contributed by atoms with E-state index in [1.165, 1.54) is 12.3 Å². The van der Waals surface area contributed by atoms with Gasteiger partial charge in [0.05, 0.1) is 6.20 Å². The Bertz CT molecular complexity index is 1450. The normalized spacial score (nSPS) is 10.7. The summed E-state index contributed by atoms with van der Waals surface area (Å²) in [4.78, 5) is 36.6. The number of H-pyrrole nitrogens is 1. The number of carbonyl (C=O) groups excluding carboxylic acids is 1. The van der Waals surface area contributed by atoms with Crippen LogP contribution in [0.2, 0.25) is 0 Å². The molecule has 4 heterocycles. The maximum atomic E-state index is 11.5. The summed E-state index contributed by atoms with van der Waals surface area (Å²) < 4.78 is 5.88. The van der Waals surface area contributed by atoms with E-state index in [2.05, 4.69) is 41.8 Å². The number of amides is 1. The molecule has 0 aliphatic carbocycles. The topological polar surface area (TPSA) is 119 Å². The summed E-state index contributed by atoms with van der Waals surface area (Å²) in [5, 5.41) is 2.70. The van der Waals surface area contributed by atoms with Gasteiger partial charge < -0.3 is 15.0 Å². The fourth-order valence-electron chi connectivity index (χ4n) is 3.21. The lowest BCUT2D eigenvalue weighted by Gasteiger charge is -2.07. The Balaban J connectivity index is 1.42. The Labute approximate surface area is 188 Å². The number of rotatable bonds is 6. The summed E-state index contributed by atoms with van der Waals surface area (Å²) in [6, 6.07) is 12.5. The minimum Gasteiger partial charge on any atom is -0.437 e. The van der Waals surface area contributed by atoms with Crippen LogP contribution in [0.1, 0.15) is 0 Å². The fourth-order valence-corrected chi connectivity index (χ4v) is 3.21. The third-order valence-electron chi connectivity index (χ3n) is 4.74. The van der Waals surface area contributed by atoms with E-state index in [0.717, 1.165) is 11.1 Å². The van der Waals surface area contributed by atoms with Crippen LogP contribution in [-0.2, 0) is 4.79 Å². The molecular formula is C24H17N7O2. The Morgan fingerprint density at radius 3 is 2.70 bits per heavy atom. The van der Waals surface area contributed by atoms with E-state index in [1.54, 1.807) is 48.9 Å². The second kappa shape index (κ2) is 8.67. The Hall–Kier alpha value is -4.92. The number of pyridine rings is 1. The van der Waals surface area contributed by atoms with Gasteiger partial charge in [0.1, 0.15) is 17.0 Å². The van der Waals surface area contributed by atoms with E-state index in [0.29, 0.717) is 40.0 Å². The smallest absolute Gasteiger partial charge is 0.247 e. The highest BCUT2D eigenvalue weighted by Gasteiger charge is 2.12. The van der Waals surface area contributed by atoms with Crippen LogP contribution in [0.4, 0.5) is 5.69 Å². The first kappa shape index (κ1) is 20.0. The molecule has 0 aliphatic rings. The molecule has 1 aromatic carbocycles. The summed E-state index contributed by atoms with van der Waals surface area (Å²) in [5.74, 6) is 1.09. The summed E-state index contributed by atoms with van der Waals surface area (Å²) in [7, 11) is 0. The van der Waals surface area contributed by atoms with E-state index in [4.69, 9.17) is 4.74 Å². The van der Waals surface area contributed by atoms with E-state index in [1.807, 2.05) is 18.3 Å². The molecule has 0 aliphatic heterocycles. The van der Waals surface area contributed by atoms with Gasteiger partial charge in [0.2, 0.25) is 11.8 Å². The predicted octanol–water partition coefficient (Wildman–Crippen LogP) is 4.39. The maximum Gasteiger partial charge on any atom is 0.247 e. The Morgan fingerprint density at radius 2 is 1.91 bits per heavy atom. The number of nitrogens with one attached hydrogen (secondary N) is 2. The van der Waals surface area contributed by atoms with Crippen LogP contribution in [-0.4, -0.2) is 35.8 Å². The van der Waals surface area contributed by atoms with Gasteiger partial charge in [-0.15, -0.1) is 0 Å². The molecule has 0 bridgehead atoms. The van der Waals surface area contributed by atoms with Crippen LogP contribution in [0.15, 0.2) is 86.1 Å². The van der Waals surface area contributed by atoms with Gasteiger partial charge in [0.15, 0.2) is 11.5 Å². The highest BCUT2D eigenvalue weighted by atomic mass is 16.5. The number of ether oxygens (including phenoxy) is 1. The first-order chi connectivity index (χ1) is 16.2. The van der Waals surface area contributed by atoms with Crippen LogP contribution in [0.3, 0.4) is 0 Å². The zero-order chi connectivity index (χ0) is 22.6. The van der Waals surface area contributed by atoms with Crippen molar-refractivity contribution in [2.24, 2.45) is 0 Å². The molecule has 1 amide bonds. The van der Waals surface area contributed by atoms with Crippen LogP contribution in [0.5, 0.6) is 11.6 Å². The number of aromatic nitrogens is 6. The molecule has 160 valence electrons. The second-order valence-electron chi connectivity index (χ2n) is 6.94. The van der Waals surface area contributed by atoms with Gasteiger partial charge in [0.25, 0.3) is 0 Å². The number of carbonyl (C=O) groups is 1. The van der Waals surface area contributed by atoms with Crippen molar-refractivity contribution in [1.82, 2.24) is 29.9 Å². The molecule has 0 saturated carbocycles. The SMILES string of the molecule is C=CC(=O)Nc1cccc(Oc2cnc3[nH]cc(-c4ccc(-c5ncccn5)nc4)c3n2)c1. The molecule has 5 aromatic rings. The predicted molar refractivity (Wildman–Crippen MR) is 123 cm³/mol. The second-order valence-corrected chi connectivity index (χ2v) is 6.94. The van der Waals surface area contributed by atoms with Crippen molar-refractivity contribution in [1.29, 1.82) is 0 Å². The van der Waals surface area contributed by atoms with Crippen molar-refractivity contribution < 1.29 is 9.53 Å².